The number of piperidine rings is 1. The van der Waals surface area contributed by atoms with Crippen molar-refractivity contribution in [3.05, 3.63) is 82.7 Å². The van der Waals surface area contributed by atoms with E-state index in [-0.39, 0.29) is 24.6 Å². The lowest BCUT2D eigenvalue weighted by Gasteiger charge is -2.46. The highest BCUT2D eigenvalue weighted by Crippen LogP contribution is 2.47. The number of hydrogen-bond donors (Lipinski definition) is 2. The van der Waals surface area contributed by atoms with Crippen LogP contribution in [-0.2, 0) is 11.3 Å². The Hall–Kier alpha value is -4.00. The summed E-state index contributed by atoms with van der Waals surface area (Å²) in [5.41, 5.74) is 2.17. The van der Waals surface area contributed by atoms with E-state index < -0.39 is 84.6 Å². The molecule has 1 aliphatic heterocycles. The van der Waals surface area contributed by atoms with Crippen molar-refractivity contribution < 1.29 is 36.6 Å². The lowest BCUT2D eigenvalue weighted by atomic mass is 9.73. The van der Waals surface area contributed by atoms with Crippen LogP contribution in [0.2, 0.25) is 0 Å². The molecular formula is C29H29F5N4O4. The number of likely N-dealkylation sites (tertiary alicyclic amines) is 1. The Morgan fingerprint density at radius 2 is 1.76 bits per heavy atom. The van der Waals surface area contributed by atoms with Crippen molar-refractivity contribution in [2.75, 3.05) is 18.8 Å². The third-order valence-electron chi connectivity index (χ3n) is 8.04. The second-order valence-electron chi connectivity index (χ2n) is 10.9. The maximum absolute atomic E-state index is 15.5. The molecule has 1 aromatic heterocycles. The van der Waals surface area contributed by atoms with Gasteiger partial charge >= 0.3 is 0 Å². The fourth-order valence-corrected chi connectivity index (χ4v) is 5.65. The number of anilines is 1. The zero-order valence-electron chi connectivity index (χ0n) is 22.4. The topological polar surface area (TPSA) is 111 Å². The normalized spacial score (nSPS) is 25.1. The van der Waals surface area contributed by atoms with Gasteiger partial charge in [-0.15, -0.1) is 0 Å². The summed E-state index contributed by atoms with van der Waals surface area (Å²) in [6, 6.07) is 13.1. The first kappa shape index (κ1) is 29.5. The minimum absolute atomic E-state index is 0.131. The van der Waals surface area contributed by atoms with Gasteiger partial charge in [0.15, 0.2) is 5.69 Å². The summed E-state index contributed by atoms with van der Waals surface area (Å²) in [6.45, 7) is -2.31. The minimum atomic E-state index is -3.86. The van der Waals surface area contributed by atoms with Gasteiger partial charge in [0, 0.05) is 37.6 Å². The van der Waals surface area contributed by atoms with Crippen LogP contribution in [0.15, 0.2) is 65.7 Å². The predicted molar refractivity (Wildman–Crippen MR) is 142 cm³/mol. The number of nitrogens with zero attached hydrogens (tertiary/aromatic N) is 3. The Bertz CT molecular complexity index is 1500. The van der Waals surface area contributed by atoms with Crippen LogP contribution in [0, 0.1) is 11.7 Å². The number of ether oxygens (including phenoxy) is 1. The van der Waals surface area contributed by atoms with Crippen molar-refractivity contribution >= 4 is 11.6 Å². The molecule has 3 aromatic rings. The van der Waals surface area contributed by atoms with Gasteiger partial charge in [-0.2, -0.15) is 0 Å². The average molecular weight is 593 g/mol. The summed E-state index contributed by atoms with van der Waals surface area (Å²) < 4.78 is 78.9. The molecule has 5 rings (SSSR count). The Balaban J connectivity index is 1.31. The number of alkyl halides is 4. The molecule has 3 atom stereocenters. The molecule has 8 nitrogen and oxygen atoms in total. The van der Waals surface area contributed by atoms with Gasteiger partial charge in [0.05, 0.1) is 13.1 Å². The van der Waals surface area contributed by atoms with E-state index in [0.29, 0.717) is 5.56 Å². The second kappa shape index (κ2) is 11.0. The number of aliphatic hydroxyl groups is 1. The van der Waals surface area contributed by atoms with E-state index >= 15 is 8.78 Å². The van der Waals surface area contributed by atoms with Gasteiger partial charge in [-0.3, -0.25) is 14.2 Å². The Kier molecular flexibility index (Phi) is 7.73. The number of carbonyl (C=O) groups is 1. The van der Waals surface area contributed by atoms with Crippen molar-refractivity contribution in [1.82, 2.24) is 14.5 Å². The van der Waals surface area contributed by atoms with Crippen LogP contribution in [0.1, 0.15) is 37.2 Å². The molecule has 2 heterocycles. The molecule has 1 aliphatic carbocycles. The third-order valence-corrected chi connectivity index (χ3v) is 8.04. The van der Waals surface area contributed by atoms with E-state index in [0.717, 1.165) is 27.9 Å². The summed E-state index contributed by atoms with van der Waals surface area (Å²) in [6.07, 6.45) is -0.954. The van der Waals surface area contributed by atoms with Crippen molar-refractivity contribution in [2.45, 2.75) is 55.6 Å². The first-order valence-corrected chi connectivity index (χ1v) is 13.4. The molecule has 0 bridgehead atoms. The van der Waals surface area contributed by atoms with E-state index in [1.165, 1.54) is 12.1 Å². The van der Waals surface area contributed by atoms with Crippen LogP contribution in [-0.4, -0.2) is 56.0 Å². The van der Waals surface area contributed by atoms with Gasteiger partial charge in [-0.25, -0.2) is 26.9 Å². The first-order chi connectivity index (χ1) is 19.8. The molecule has 224 valence electrons. The molecule has 2 aromatic carbocycles. The highest BCUT2D eigenvalue weighted by atomic mass is 19.3. The van der Waals surface area contributed by atoms with Gasteiger partial charge in [-0.1, -0.05) is 30.3 Å². The SMILES string of the molecule is Nc1c(Oc2ccc(F)cc2)ncn(C[C@]2(O)CCN(C(=O)[C@@H]3CCC(F)(F)C[C@H]3c3ccccc3)CC2(F)F)c1=O. The first-order valence-electron chi connectivity index (χ1n) is 13.4. The number of amides is 1. The van der Waals surface area contributed by atoms with Crippen molar-refractivity contribution in [3.8, 4) is 11.6 Å². The molecule has 0 spiro atoms. The fourth-order valence-electron chi connectivity index (χ4n) is 5.65. The van der Waals surface area contributed by atoms with Gasteiger partial charge in [0.1, 0.15) is 23.5 Å². The highest BCUT2D eigenvalue weighted by Gasteiger charge is 2.58. The smallest absolute Gasteiger partial charge is 0.295 e. The molecule has 2 fully saturated rings. The van der Waals surface area contributed by atoms with Gasteiger partial charge in [0.2, 0.25) is 17.7 Å². The van der Waals surface area contributed by atoms with Crippen LogP contribution in [0.3, 0.4) is 0 Å². The fraction of sp³-hybridized carbons (Fsp3) is 0.414. The zero-order valence-corrected chi connectivity index (χ0v) is 22.4. The van der Waals surface area contributed by atoms with E-state index in [1.54, 1.807) is 30.3 Å². The third kappa shape index (κ3) is 5.83. The van der Waals surface area contributed by atoms with Crippen molar-refractivity contribution in [1.29, 1.82) is 0 Å². The minimum Gasteiger partial charge on any atom is -0.437 e. The highest BCUT2D eigenvalue weighted by molar-refractivity contribution is 5.80. The summed E-state index contributed by atoms with van der Waals surface area (Å²) in [5.74, 6) is -10.00. The standard InChI is InChI=1S/C29H29F5N4O4/c30-19-6-8-20(9-7-19)42-24-23(35)26(40)38(17-36-24)15-27(41)12-13-37(16-29(27,33)34)25(39)21-10-11-28(31,32)14-22(21)18-4-2-1-3-5-18/h1-9,17,21-22,41H,10-16,35H2/t21-,22+,27-/m1/s1. The largest absolute Gasteiger partial charge is 0.437 e. The second-order valence-corrected chi connectivity index (χ2v) is 10.9. The number of nitrogen functional groups attached to an aromatic ring is 1. The molecule has 13 heteroatoms. The molecule has 0 radical (unpaired) electrons. The van der Waals surface area contributed by atoms with Crippen LogP contribution >= 0.6 is 0 Å². The Morgan fingerprint density at radius 3 is 2.43 bits per heavy atom. The lowest BCUT2D eigenvalue weighted by molar-refractivity contribution is -0.223. The molecule has 1 amide bonds. The molecule has 0 unspecified atom stereocenters. The van der Waals surface area contributed by atoms with Crippen molar-refractivity contribution in [3.63, 3.8) is 0 Å². The summed E-state index contributed by atoms with van der Waals surface area (Å²) in [5, 5.41) is 11.0. The molecule has 42 heavy (non-hydrogen) atoms. The zero-order chi connectivity index (χ0) is 30.3. The molecular weight excluding hydrogens is 563 g/mol. The Labute approximate surface area is 237 Å². The van der Waals surface area contributed by atoms with Crippen LogP contribution in [0.4, 0.5) is 27.6 Å². The van der Waals surface area contributed by atoms with Gasteiger partial charge in [0.25, 0.3) is 11.5 Å². The number of benzene rings is 2. The summed E-state index contributed by atoms with van der Waals surface area (Å²) >= 11 is 0. The van der Waals surface area contributed by atoms with E-state index in [9.17, 15) is 27.9 Å². The number of hydrogen-bond acceptors (Lipinski definition) is 6. The maximum Gasteiger partial charge on any atom is 0.295 e. The predicted octanol–water partition coefficient (Wildman–Crippen LogP) is 4.57. The van der Waals surface area contributed by atoms with E-state index in [2.05, 4.69) is 4.98 Å². The van der Waals surface area contributed by atoms with Crippen LogP contribution < -0.4 is 16.0 Å². The van der Waals surface area contributed by atoms with Crippen LogP contribution in [0.5, 0.6) is 11.6 Å². The monoisotopic (exact) mass is 592 g/mol. The van der Waals surface area contributed by atoms with E-state index in [1.807, 2.05) is 0 Å². The summed E-state index contributed by atoms with van der Waals surface area (Å²) in [7, 11) is 0. The van der Waals surface area contributed by atoms with Crippen LogP contribution in [0.25, 0.3) is 0 Å². The average Bonchev–Trinajstić information content (AvgIpc) is 2.95. The quantitative estimate of drug-likeness (QED) is 0.406. The van der Waals surface area contributed by atoms with E-state index in [4.69, 9.17) is 10.5 Å². The number of nitrogens with two attached hydrogens (primary N) is 1. The number of carbonyl (C=O) groups excluding carboxylic acids is 1. The Morgan fingerprint density at radius 1 is 1.07 bits per heavy atom. The van der Waals surface area contributed by atoms with Crippen molar-refractivity contribution in [2.24, 2.45) is 5.92 Å². The number of aromatic nitrogens is 2. The molecule has 3 N–H and O–H groups in total. The molecule has 2 aliphatic rings. The number of rotatable bonds is 6. The summed E-state index contributed by atoms with van der Waals surface area (Å²) in [4.78, 5) is 31.1. The molecule has 1 saturated carbocycles. The lowest BCUT2D eigenvalue weighted by Crippen LogP contribution is -2.64. The van der Waals surface area contributed by atoms with Gasteiger partial charge < -0.3 is 20.5 Å². The van der Waals surface area contributed by atoms with Gasteiger partial charge in [-0.05, 0) is 36.2 Å². The number of halogens is 5. The molecule has 1 saturated heterocycles. The maximum atomic E-state index is 15.5.